The number of hydrogen-bond acceptors (Lipinski definition) is 4. The molecule has 2 aliphatic rings. The molecular weight excluding hydrogens is 290 g/mol. The molecule has 6 nitrogen and oxygen atoms in total. The summed E-state index contributed by atoms with van der Waals surface area (Å²) in [4.78, 5) is 0. The lowest BCUT2D eigenvalue weighted by atomic mass is 10.2. The Bertz CT molecular complexity index is 406. The number of ether oxygens (including phenoxy) is 1. The zero-order chi connectivity index (χ0) is 15.3. The molecule has 21 heavy (non-hydrogen) atoms. The Balaban J connectivity index is 1.77. The first-order valence-corrected chi connectivity index (χ1v) is 9.50. The van der Waals surface area contributed by atoms with Crippen LogP contribution in [0.15, 0.2) is 0 Å². The van der Waals surface area contributed by atoms with Crippen LogP contribution in [0, 0.1) is 0 Å². The first-order chi connectivity index (χ1) is 10.0. The first kappa shape index (κ1) is 17.1. The number of nitrogens with zero attached hydrogens (tertiary/aromatic N) is 2. The minimum Gasteiger partial charge on any atom is -0.377 e. The standard InChI is InChI=1S/C14H29N3O3S/c1-3-17(12-14-6-4-11-20-14)21(18,19)16(2)10-5-9-15-13-7-8-13/h13-15H,3-12H2,1-2H3. The van der Waals surface area contributed by atoms with Crippen LogP contribution < -0.4 is 5.32 Å². The van der Waals surface area contributed by atoms with Gasteiger partial charge >= 0.3 is 0 Å². The fourth-order valence-electron chi connectivity index (χ4n) is 2.61. The molecule has 0 aromatic heterocycles. The van der Waals surface area contributed by atoms with Gasteiger partial charge in [0.15, 0.2) is 0 Å². The van der Waals surface area contributed by atoms with Crippen LogP contribution in [0.4, 0.5) is 0 Å². The summed E-state index contributed by atoms with van der Waals surface area (Å²) in [6, 6.07) is 0.679. The molecule has 0 radical (unpaired) electrons. The molecule has 2 rings (SSSR count). The van der Waals surface area contributed by atoms with Crippen molar-refractivity contribution >= 4 is 10.2 Å². The highest BCUT2D eigenvalue weighted by molar-refractivity contribution is 7.86. The summed E-state index contributed by atoms with van der Waals surface area (Å²) in [6.07, 6.45) is 5.43. The van der Waals surface area contributed by atoms with Crippen molar-refractivity contribution in [2.45, 2.75) is 51.2 Å². The van der Waals surface area contributed by atoms with E-state index >= 15 is 0 Å². The second-order valence-corrected chi connectivity index (χ2v) is 8.03. The van der Waals surface area contributed by atoms with Crippen molar-refractivity contribution in [1.29, 1.82) is 0 Å². The van der Waals surface area contributed by atoms with Crippen LogP contribution >= 0.6 is 0 Å². The number of hydrogen-bond donors (Lipinski definition) is 1. The molecule has 0 aromatic carbocycles. The van der Waals surface area contributed by atoms with Crippen molar-refractivity contribution < 1.29 is 13.2 Å². The van der Waals surface area contributed by atoms with Crippen LogP contribution in [0.25, 0.3) is 0 Å². The average Bonchev–Trinajstić information content (AvgIpc) is 3.14. The Hall–Kier alpha value is -0.210. The van der Waals surface area contributed by atoms with Crippen LogP contribution in [-0.4, -0.2) is 69.0 Å². The van der Waals surface area contributed by atoms with E-state index in [1.165, 1.54) is 21.5 Å². The molecule has 1 saturated heterocycles. The highest BCUT2D eigenvalue weighted by atomic mass is 32.2. The lowest BCUT2D eigenvalue weighted by Crippen LogP contribution is -2.45. The lowest BCUT2D eigenvalue weighted by Gasteiger charge is -2.28. The molecule has 0 aromatic rings. The van der Waals surface area contributed by atoms with E-state index in [2.05, 4.69) is 5.32 Å². The predicted octanol–water partition coefficient (Wildman–Crippen LogP) is 0.806. The smallest absolute Gasteiger partial charge is 0.281 e. The van der Waals surface area contributed by atoms with Gasteiger partial charge in [0.1, 0.15) is 0 Å². The monoisotopic (exact) mass is 319 g/mol. The minimum atomic E-state index is -3.36. The summed E-state index contributed by atoms with van der Waals surface area (Å²) in [5.74, 6) is 0. The van der Waals surface area contributed by atoms with Gasteiger partial charge in [-0.25, -0.2) is 0 Å². The molecule has 1 saturated carbocycles. The van der Waals surface area contributed by atoms with E-state index in [1.54, 1.807) is 7.05 Å². The van der Waals surface area contributed by atoms with Crippen molar-refractivity contribution in [1.82, 2.24) is 13.9 Å². The van der Waals surface area contributed by atoms with Crippen LogP contribution in [0.5, 0.6) is 0 Å². The van der Waals surface area contributed by atoms with Gasteiger partial charge in [-0.15, -0.1) is 0 Å². The Morgan fingerprint density at radius 1 is 1.29 bits per heavy atom. The third kappa shape index (κ3) is 5.17. The zero-order valence-electron chi connectivity index (χ0n) is 13.3. The van der Waals surface area contributed by atoms with E-state index in [4.69, 9.17) is 4.74 Å². The van der Waals surface area contributed by atoms with Gasteiger partial charge in [-0.05, 0) is 38.6 Å². The summed E-state index contributed by atoms with van der Waals surface area (Å²) in [5.41, 5.74) is 0. The third-order valence-corrected chi connectivity index (χ3v) is 6.19. The molecule has 124 valence electrons. The molecular formula is C14H29N3O3S. The summed E-state index contributed by atoms with van der Waals surface area (Å²) in [5, 5.41) is 3.41. The van der Waals surface area contributed by atoms with E-state index in [1.807, 2.05) is 6.92 Å². The van der Waals surface area contributed by atoms with Gasteiger partial charge in [0.2, 0.25) is 0 Å². The van der Waals surface area contributed by atoms with Crippen LogP contribution in [0.3, 0.4) is 0 Å². The van der Waals surface area contributed by atoms with Gasteiger partial charge in [-0.2, -0.15) is 17.0 Å². The van der Waals surface area contributed by atoms with E-state index in [0.717, 1.165) is 32.4 Å². The van der Waals surface area contributed by atoms with Crippen molar-refractivity contribution in [3.8, 4) is 0 Å². The third-order valence-electron chi connectivity index (χ3n) is 4.16. The largest absolute Gasteiger partial charge is 0.377 e. The Labute approximate surface area is 129 Å². The molecule has 1 N–H and O–H groups in total. The molecule has 1 unspecified atom stereocenters. The topological polar surface area (TPSA) is 61.9 Å². The van der Waals surface area contributed by atoms with E-state index < -0.39 is 10.2 Å². The SMILES string of the molecule is CCN(CC1CCCO1)S(=O)(=O)N(C)CCCNC1CC1. The maximum absolute atomic E-state index is 12.6. The molecule has 0 amide bonds. The van der Waals surface area contributed by atoms with Crippen molar-refractivity contribution in [2.24, 2.45) is 0 Å². The van der Waals surface area contributed by atoms with Crippen LogP contribution in [0.2, 0.25) is 0 Å². The number of rotatable bonds is 10. The van der Waals surface area contributed by atoms with E-state index in [0.29, 0.717) is 25.7 Å². The molecule has 0 spiro atoms. The zero-order valence-corrected chi connectivity index (χ0v) is 14.1. The molecule has 1 atom stereocenters. The fraction of sp³-hybridized carbons (Fsp3) is 1.00. The highest BCUT2D eigenvalue weighted by Crippen LogP contribution is 2.18. The maximum Gasteiger partial charge on any atom is 0.281 e. The van der Waals surface area contributed by atoms with Crippen molar-refractivity contribution in [2.75, 3.05) is 39.8 Å². The summed E-state index contributed by atoms with van der Waals surface area (Å²) in [6.45, 7) is 5.06. The van der Waals surface area contributed by atoms with Gasteiger partial charge < -0.3 is 10.1 Å². The second-order valence-electron chi connectivity index (χ2n) is 6.00. The van der Waals surface area contributed by atoms with Gasteiger partial charge in [0.05, 0.1) is 6.10 Å². The quantitative estimate of drug-likeness (QED) is 0.605. The molecule has 1 aliphatic carbocycles. The Morgan fingerprint density at radius 3 is 2.62 bits per heavy atom. The highest BCUT2D eigenvalue weighted by Gasteiger charge is 2.29. The summed E-state index contributed by atoms with van der Waals surface area (Å²) in [7, 11) is -1.69. The van der Waals surface area contributed by atoms with Gasteiger partial charge in [0, 0.05) is 39.3 Å². The molecule has 7 heteroatoms. The van der Waals surface area contributed by atoms with Gasteiger partial charge in [0.25, 0.3) is 10.2 Å². The minimum absolute atomic E-state index is 0.0599. The van der Waals surface area contributed by atoms with Crippen LogP contribution in [-0.2, 0) is 14.9 Å². The lowest BCUT2D eigenvalue weighted by molar-refractivity contribution is 0.0933. The van der Waals surface area contributed by atoms with E-state index in [9.17, 15) is 8.42 Å². The van der Waals surface area contributed by atoms with Crippen molar-refractivity contribution in [3.05, 3.63) is 0 Å². The molecule has 1 heterocycles. The maximum atomic E-state index is 12.6. The predicted molar refractivity (Wildman–Crippen MR) is 83.4 cm³/mol. The Morgan fingerprint density at radius 2 is 2.05 bits per heavy atom. The number of nitrogens with one attached hydrogen (secondary N) is 1. The summed E-state index contributed by atoms with van der Waals surface area (Å²) >= 11 is 0. The molecule has 0 bridgehead atoms. The Kier molecular flexibility index (Phi) is 6.43. The molecule has 1 aliphatic heterocycles. The summed E-state index contributed by atoms with van der Waals surface area (Å²) < 4.78 is 33.7. The normalized spacial score (nSPS) is 23.3. The molecule has 2 fully saturated rings. The van der Waals surface area contributed by atoms with Crippen LogP contribution in [0.1, 0.15) is 39.0 Å². The van der Waals surface area contributed by atoms with E-state index in [-0.39, 0.29) is 6.10 Å². The van der Waals surface area contributed by atoms with Gasteiger partial charge in [-0.1, -0.05) is 6.92 Å². The van der Waals surface area contributed by atoms with Gasteiger partial charge in [-0.3, -0.25) is 0 Å². The number of likely N-dealkylation sites (N-methyl/N-ethyl adjacent to an activating group) is 1. The van der Waals surface area contributed by atoms with Crippen molar-refractivity contribution in [3.63, 3.8) is 0 Å². The first-order valence-electron chi connectivity index (χ1n) is 8.10. The fourth-order valence-corrected chi connectivity index (χ4v) is 4.04. The second kappa shape index (κ2) is 7.87. The average molecular weight is 319 g/mol.